The van der Waals surface area contributed by atoms with Crippen molar-refractivity contribution in [3.05, 3.63) is 23.8 Å². The fourth-order valence-electron chi connectivity index (χ4n) is 6.64. The molecule has 2 saturated carbocycles. The summed E-state index contributed by atoms with van der Waals surface area (Å²) in [4.78, 5) is 23.2. The minimum Gasteiger partial charge on any atom is -0.427 e. The van der Waals surface area contributed by atoms with Crippen molar-refractivity contribution in [1.82, 2.24) is 0 Å². The predicted molar refractivity (Wildman–Crippen MR) is 113 cm³/mol. The van der Waals surface area contributed by atoms with E-state index in [1.807, 2.05) is 6.07 Å². The van der Waals surface area contributed by atoms with Crippen LogP contribution >= 0.6 is 0 Å². The minimum absolute atomic E-state index is 0.0182. The molecular formula is C25H34O5. The number of epoxide rings is 1. The zero-order valence-electron chi connectivity index (χ0n) is 19.0. The lowest BCUT2D eigenvalue weighted by atomic mass is 9.44. The number of hydrogen-bond acceptors (Lipinski definition) is 5. The molecule has 0 amide bonds. The summed E-state index contributed by atoms with van der Waals surface area (Å²) in [6.07, 6.45) is 5.79. The third-order valence-electron chi connectivity index (χ3n) is 8.70. The average Bonchev–Trinajstić information content (AvgIpc) is 3.33. The van der Waals surface area contributed by atoms with E-state index in [1.165, 1.54) is 20.3 Å². The first kappa shape index (κ1) is 21.4. The van der Waals surface area contributed by atoms with Gasteiger partial charge in [0.25, 0.3) is 0 Å². The van der Waals surface area contributed by atoms with Gasteiger partial charge in [0, 0.05) is 19.3 Å². The van der Waals surface area contributed by atoms with E-state index in [0.29, 0.717) is 29.4 Å². The molecule has 1 aliphatic heterocycles. The maximum atomic E-state index is 11.7. The minimum atomic E-state index is -0.358. The molecule has 6 atom stereocenters. The molecule has 30 heavy (non-hydrogen) atoms. The molecule has 164 valence electrons. The largest absolute Gasteiger partial charge is 0.427 e. The van der Waals surface area contributed by atoms with Crippen LogP contribution in [0.5, 0.6) is 11.5 Å². The Morgan fingerprint density at radius 3 is 2.43 bits per heavy atom. The first-order valence-electron chi connectivity index (χ1n) is 11.2. The van der Waals surface area contributed by atoms with Crippen molar-refractivity contribution in [2.75, 3.05) is 0 Å². The zero-order chi connectivity index (χ0) is 21.9. The number of carbonyl (C=O) groups is 2. The number of hydrogen-bond donors (Lipinski definition) is 0. The topological polar surface area (TPSA) is 65.1 Å². The Hall–Kier alpha value is -1.88. The van der Waals surface area contributed by atoms with Gasteiger partial charge in [-0.1, -0.05) is 20.8 Å². The smallest absolute Gasteiger partial charge is 0.308 e. The van der Waals surface area contributed by atoms with Gasteiger partial charge < -0.3 is 14.2 Å². The fraction of sp³-hybridized carbons (Fsp3) is 0.680. The molecular weight excluding hydrogens is 380 g/mol. The molecule has 0 N–H and O–H groups in total. The predicted octanol–water partition coefficient (Wildman–Crippen LogP) is 5.09. The van der Waals surface area contributed by atoms with Crippen LogP contribution in [-0.2, 0) is 20.7 Å². The van der Waals surface area contributed by atoms with Gasteiger partial charge >= 0.3 is 11.9 Å². The SMILES string of the molecule is CC(=O)Oc1ccc(OC(C)=O)c(C[C@]2(C)[C@H](C)CC[C@]3(C)[C@@H]2CC[C@@H]2O[C@]23C)c1. The summed E-state index contributed by atoms with van der Waals surface area (Å²) in [6.45, 7) is 12.3. The fourth-order valence-corrected chi connectivity index (χ4v) is 6.64. The van der Waals surface area contributed by atoms with E-state index in [-0.39, 0.29) is 28.4 Å². The highest BCUT2D eigenvalue weighted by molar-refractivity contribution is 5.71. The van der Waals surface area contributed by atoms with Gasteiger partial charge in [-0.15, -0.1) is 0 Å². The first-order chi connectivity index (χ1) is 14.0. The van der Waals surface area contributed by atoms with Crippen LogP contribution in [0.4, 0.5) is 0 Å². The summed E-state index contributed by atoms with van der Waals surface area (Å²) < 4.78 is 17.1. The van der Waals surface area contributed by atoms with Crippen molar-refractivity contribution in [3.8, 4) is 11.5 Å². The Morgan fingerprint density at radius 2 is 1.77 bits per heavy atom. The van der Waals surface area contributed by atoms with Gasteiger partial charge in [0.1, 0.15) is 11.5 Å². The average molecular weight is 415 g/mol. The van der Waals surface area contributed by atoms with Crippen LogP contribution in [0.1, 0.15) is 72.8 Å². The van der Waals surface area contributed by atoms with Crippen LogP contribution in [0.25, 0.3) is 0 Å². The second kappa shape index (κ2) is 7.08. The Balaban J connectivity index is 1.72. The van der Waals surface area contributed by atoms with E-state index in [1.54, 1.807) is 12.1 Å². The lowest BCUT2D eigenvalue weighted by Crippen LogP contribution is -2.56. The molecule has 3 aliphatic rings. The summed E-state index contributed by atoms with van der Waals surface area (Å²) in [6, 6.07) is 5.29. The van der Waals surface area contributed by atoms with E-state index in [9.17, 15) is 9.59 Å². The molecule has 0 spiro atoms. The van der Waals surface area contributed by atoms with Gasteiger partial charge in [0.2, 0.25) is 0 Å². The Labute approximate surface area is 179 Å². The van der Waals surface area contributed by atoms with Crippen molar-refractivity contribution < 1.29 is 23.8 Å². The van der Waals surface area contributed by atoms with E-state index in [4.69, 9.17) is 14.2 Å². The van der Waals surface area contributed by atoms with Gasteiger partial charge in [-0.25, -0.2) is 0 Å². The highest BCUT2D eigenvalue weighted by Crippen LogP contribution is 2.70. The molecule has 0 bridgehead atoms. The number of benzene rings is 1. The van der Waals surface area contributed by atoms with Crippen LogP contribution in [0.2, 0.25) is 0 Å². The van der Waals surface area contributed by atoms with Crippen molar-refractivity contribution in [3.63, 3.8) is 0 Å². The molecule has 0 aromatic heterocycles. The molecule has 2 aliphatic carbocycles. The molecule has 1 saturated heterocycles. The molecule has 1 aromatic carbocycles. The quantitative estimate of drug-likeness (QED) is 0.390. The van der Waals surface area contributed by atoms with Crippen LogP contribution in [0.3, 0.4) is 0 Å². The maximum Gasteiger partial charge on any atom is 0.308 e. The van der Waals surface area contributed by atoms with Crippen LogP contribution in [0, 0.1) is 22.7 Å². The monoisotopic (exact) mass is 414 g/mol. The van der Waals surface area contributed by atoms with E-state index in [2.05, 4.69) is 27.7 Å². The van der Waals surface area contributed by atoms with Crippen molar-refractivity contribution >= 4 is 11.9 Å². The number of rotatable bonds is 4. The number of esters is 2. The highest BCUT2D eigenvalue weighted by Gasteiger charge is 2.71. The van der Waals surface area contributed by atoms with Crippen LogP contribution in [-0.4, -0.2) is 23.6 Å². The first-order valence-corrected chi connectivity index (χ1v) is 11.2. The van der Waals surface area contributed by atoms with Crippen molar-refractivity contribution in [1.29, 1.82) is 0 Å². The second-order valence-electron chi connectivity index (χ2n) is 10.3. The molecule has 5 nitrogen and oxygen atoms in total. The van der Waals surface area contributed by atoms with Gasteiger partial charge in [-0.05, 0) is 80.0 Å². The maximum absolute atomic E-state index is 11.7. The number of carbonyl (C=O) groups excluding carboxylic acids is 2. The van der Waals surface area contributed by atoms with Crippen LogP contribution < -0.4 is 9.47 Å². The summed E-state index contributed by atoms with van der Waals surface area (Å²) in [5, 5.41) is 0. The summed E-state index contributed by atoms with van der Waals surface area (Å²) in [5.41, 5.74) is 1.07. The standard InChI is InChI=1S/C25H34O5/c1-15-11-12-24(5)21(9-10-22-25(24,6)30-22)23(15,4)14-18-13-19(28-16(2)26)7-8-20(18)29-17(3)27/h7-8,13,15,21-22H,9-12,14H2,1-6H3/t15-,21-,22+,23-,24-,25-/m1/s1. The number of fused-ring (bicyclic) bond motifs is 3. The van der Waals surface area contributed by atoms with E-state index in [0.717, 1.165) is 31.2 Å². The second-order valence-corrected chi connectivity index (χ2v) is 10.3. The van der Waals surface area contributed by atoms with E-state index >= 15 is 0 Å². The Kier molecular flexibility index (Phi) is 5.04. The van der Waals surface area contributed by atoms with Crippen molar-refractivity contribution in [2.45, 2.75) is 85.4 Å². The van der Waals surface area contributed by atoms with E-state index < -0.39 is 0 Å². The van der Waals surface area contributed by atoms with Crippen LogP contribution in [0.15, 0.2) is 18.2 Å². The highest BCUT2D eigenvalue weighted by atomic mass is 16.6. The number of ether oxygens (including phenoxy) is 3. The third-order valence-corrected chi connectivity index (χ3v) is 8.70. The third kappa shape index (κ3) is 3.26. The van der Waals surface area contributed by atoms with Gasteiger partial charge in [0.15, 0.2) is 0 Å². The summed E-state index contributed by atoms with van der Waals surface area (Å²) in [5.74, 6) is 1.38. The van der Waals surface area contributed by atoms with Gasteiger partial charge in [0.05, 0.1) is 11.7 Å². The van der Waals surface area contributed by atoms with Gasteiger partial charge in [-0.2, -0.15) is 0 Å². The summed E-state index contributed by atoms with van der Waals surface area (Å²) in [7, 11) is 0. The normalized spacial score (nSPS) is 39.5. The molecule has 0 radical (unpaired) electrons. The lowest BCUT2D eigenvalue weighted by molar-refractivity contribution is -0.133. The molecule has 5 heteroatoms. The molecule has 1 heterocycles. The Bertz CT molecular complexity index is 878. The Morgan fingerprint density at radius 1 is 1.07 bits per heavy atom. The van der Waals surface area contributed by atoms with Gasteiger partial charge in [-0.3, -0.25) is 9.59 Å². The van der Waals surface area contributed by atoms with Crippen molar-refractivity contribution in [2.24, 2.45) is 22.7 Å². The molecule has 4 rings (SSSR count). The summed E-state index contributed by atoms with van der Waals surface area (Å²) >= 11 is 0. The zero-order valence-corrected chi connectivity index (χ0v) is 19.0. The lowest BCUT2D eigenvalue weighted by Gasteiger charge is -2.59. The molecule has 1 aromatic rings. The molecule has 0 unspecified atom stereocenters. The molecule has 3 fully saturated rings.